The fourth-order valence-electron chi connectivity index (χ4n) is 2.00. The molecule has 0 radical (unpaired) electrons. The summed E-state index contributed by atoms with van der Waals surface area (Å²) in [5.41, 5.74) is -0.650. The number of esters is 2. The van der Waals surface area contributed by atoms with Crippen molar-refractivity contribution in [3.8, 4) is 0 Å². The number of hydrogen-bond acceptors (Lipinski definition) is 6. The molecule has 2 aromatic rings. The number of alkyl halides is 3. The van der Waals surface area contributed by atoms with Gasteiger partial charge in [0.25, 0.3) is 5.91 Å². The third-order valence-corrected chi connectivity index (χ3v) is 3.37. The highest BCUT2D eigenvalue weighted by Gasteiger charge is 2.30. The Labute approximate surface area is 151 Å². The molecular weight excluding hydrogens is 371 g/mol. The Morgan fingerprint density at radius 1 is 1.11 bits per heavy atom. The van der Waals surface area contributed by atoms with Crippen molar-refractivity contribution in [2.45, 2.75) is 12.8 Å². The van der Waals surface area contributed by atoms with Gasteiger partial charge in [-0.2, -0.15) is 13.2 Å². The van der Waals surface area contributed by atoms with E-state index in [-0.39, 0.29) is 23.5 Å². The number of carbonyl (C=O) groups is 3. The SMILES string of the molecule is COC(=O)c1occc1COC(=O)CNC(=O)c1ccc(C(F)(F)F)cc1. The van der Waals surface area contributed by atoms with E-state index in [1.54, 1.807) is 0 Å². The molecule has 10 heteroatoms. The molecule has 1 aromatic carbocycles. The monoisotopic (exact) mass is 385 g/mol. The van der Waals surface area contributed by atoms with Crippen LogP contribution in [-0.2, 0) is 27.1 Å². The van der Waals surface area contributed by atoms with Gasteiger partial charge in [0.1, 0.15) is 13.2 Å². The van der Waals surface area contributed by atoms with Crippen LogP contribution in [0.5, 0.6) is 0 Å². The van der Waals surface area contributed by atoms with Gasteiger partial charge in [0.05, 0.1) is 18.9 Å². The van der Waals surface area contributed by atoms with Gasteiger partial charge in [-0.15, -0.1) is 0 Å². The van der Waals surface area contributed by atoms with Gasteiger partial charge in [-0.05, 0) is 30.3 Å². The Balaban J connectivity index is 1.84. The second kappa shape index (κ2) is 8.39. The van der Waals surface area contributed by atoms with Crippen LogP contribution in [0.25, 0.3) is 0 Å². The molecule has 0 aliphatic heterocycles. The molecule has 1 heterocycles. The Morgan fingerprint density at radius 2 is 1.78 bits per heavy atom. The number of amides is 1. The van der Waals surface area contributed by atoms with E-state index in [4.69, 9.17) is 9.15 Å². The Hall–Kier alpha value is -3.30. The highest BCUT2D eigenvalue weighted by Crippen LogP contribution is 2.29. The molecular formula is C17H14F3NO6. The summed E-state index contributed by atoms with van der Waals surface area (Å²) < 4.78 is 51.8. The molecule has 2 rings (SSSR count). The quantitative estimate of drug-likeness (QED) is 0.768. The summed E-state index contributed by atoms with van der Waals surface area (Å²) in [5, 5.41) is 2.23. The molecule has 1 amide bonds. The van der Waals surface area contributed by atoms with Crippen LogP contribution in [0.4, 0.5) is 13.2 Å². The van der Waals surface area contributed by atoms with E-state index in [2.05, 4.69) is 10.1 Å². The lowest BCUT2D eigenvalue weighted by Crippen LogP contribution is -2.30. The largest absolute Gasteiger partial charge is 0.463 e. The van der Waals surface area contributed by atoms with E-state index in [0.717, 1.165) is 31.4 Å². The van der Waals surface area contributed by atoms with Crippen LogP contribution >= 0.6 is 0 Å². The number of halogens is 3. The van der Waals surface area contributed by atoms with Crippen molar-refractivity contribution in [2.75, 3.05) is 13.7 Å². The van der Waals surface area contributed by atoms with Crippen molar-refractivity contribution in [2.24, 2.45) is 0 Å². The maximum absolute atomic E-state index is 12.5. The number of methoxy groups -OCH3 is 1. The summed E-state index contributed by atoms with van der Waals surface area (Å²) in [6.45, 7) is -0.790. The highest BCUT2D eigenvalue weighted by atomic mass is 19.4. The minimum Gasteiger partial charge on any atom is -0.463 e. The highest BCUT2D eigenvalue weighted by molar-refractivity contribution is 5.96. The normalized spacial score (nSPS) is 11.0. The summed E-state index contributed by atoms with van der Waals surface area (Å²) >= 11 is 0. The minimum absolute atomic E-state index is 0.0430. The Bertz CT molecular complexity index is 826. The van der Waals surface area contributed by atoms with Crippen molar-refractivity contribution in [1.29, 1.82) is 0 Å². The fraction of sp³-hybridized carbons (Fsp3) is 0.235. The van der Waals surface area contributed by atoms with Crippen molar-refractivity contribution < 1.29 is 41.4 Å². The van der Waals surface area contributed by atoms with Crippen molar-refractivity contribution in [3.05, 3.63) is 59.0 Å². The molecule has 0 spiro atoms. The maximum atomic E-state index is 12.5. The number of furan rings is 1. The average Bonchev–Trinajstić information content (AvgIpc) is 3.11. The zero-order valence-electron chi connectivity index (χ0n) is 14.0. The van der Waals surface area contributed by atoms with Gasteiger partial charge in [0, 0.05) is 11.1 Å². The van der Waals surface area contributed by atoms with Crippen molar-refractivity contribution >= 4 is 17.8 Å². The molecule has 144 valence electrons. The van der Waals surface area contributed by atoms with Gasteiger partial charge < -0.3 is 19.2 Å². The molecule has 27 heavy (non-hydrogen) atoms. The van der Waals surface area contributed by atoms with Gasteiger partial charge in [-0.1, -0.05) is 0 Å². The number of hydrogen-bond donors (Lipinski definition) is 1. The number of carbonyl (C=O) groups excluding carboxylic acids is 3. The first-order valence-electron chi connectivity index (χ1n) is 7.48. The molecule has 0 saturated carbocycles. The lowest BCUT2D eigenvalue weighted by atomic mass is 10.1. The molecule has 0 unspecified atom stereocenters. The van der Waals surface area contributed by atoms with Crippen LogP contribution in [0, 0.1) is 0 Å². The second-order valence-corrected chi connectivity index (χ2v) is 5.19. The molecule has 0 fully saturated rings. The molecule has 0 saturated heterocycles. The lowest BCUT2D eigenvalue weighted by molar-refractivity contribution is -0.143. The first kappa shape index (κ1) is 20.0. The van der Waals surface area contributed by atoms with Gasteiger partial charge in [-0.25, -0.2) is 4.79 Å². The van der Waals surface area contributed by atoms with E-state index in [9.17, 15) is 27.6 Å². The van der Waals surface area contributed by atoms with E-state index in [1.807, 2.05) is 0 Å². The standard InChI is InChI=1S/C17H14F3NO6/c1-25-16(24)14-11(6-7-26-14)9-27-13(22)8-21-15(23)10-2-4-12(5-3-10)17(18,19)20/h2-7H,8-9H2,1H3,(H,21,23). The van der Waals surface area contributed by atoms with Crippen LogP contribution in [0.15, 0.2) is 41.0 Å². The van der Waals surface area contributed by atoms with Crippen LogP contribution in [0.2, 0.25) is 0 Å². The summed E-state index contributed by atoms with van der Waals surface area (Å²) in [5.74, 6) is -2.40. The topological polar surface area (TPSA) is 94.8 Å². The van der Waals surface area contributed by atoms with Gasteiger partial charge in [0.15, 0.2) is 0 Å². The van der Waals surface area contributed by atoms with E-state index >= 15 is 0 Å². The summed E-state index contributed by atoms with van der Waals surface area (Å²) in [6, 6.07) is 4.94. The molecule has 0 atom stereocenters. The molecule has 0 aliphatic carbocycles. The third-order valence-electron chi connectivity index (χ3n) is 3.37. The zero-order chi connectivity index (χ0) is 20.0. The third kappa shape index (κ3) is 5.33. The molecule has 0 bridgehead atoms. The Morgan fingerprint density at radius 3 is 2.37 bits per heavy atom. The van der Waals surface area contributed by atoms with Gasteiger partial charge in [0.2, 0.25) is 5.76 Å². The van der Waals surface area contributed by atoms with Crippen LogP contribution in [-0.4, -0.2) is 31.5 Å². The molecule has 1 N–H and O–H groups in total. The second-order valence-electron chi connectivity index (χ2n) is 5.19. The molecule has 0 aliphatic rings. The zero-order valence-corrected chi connectivity index (χ0v) is 14.0. The number of nitrogens with one attached hydrogen (secondary N) is 1. The molecule has 1 aromatic heterocycles. The first-order valence-corrected chi connectivity index (χ1v) is 7.48. The predicted molar refractivity (Wildman–Crippen MR) is 83.6 cm³/mol. The summed E-state index contributed by atoms with van der Waals surface area (Å²) in [4.78, 5) is 34.9. The van der Waals surface area contributed by atoms with E-state index in [0.29, 0.717) is 0 Å². The van der Waals surface area contributed by atoms with E-state index < -0.39 is 36.1 Å². The Kier molecular flexibility index (Phi) is 6.22. The maximum Gasteiger partial charge on any atom is 0.416 e. The lowest BCUT2D eigenvalue weighted by Gasteiger charge is -2.08. The number of benzene rings is 1. The smallest absolute Gasteiger partial charge is 0.416 e. The van der Waals surface area contributed by atoms with Crippen LogP contribution in [0.3, 0.4) is 0 Å². The average molecular weight is 385 g/mol. The number of ether oxygens (including phenoxy) is 2. The van der Waals surface area contributed by atoms with Gasteiger partial charge in [-0.3, -0.25) is 9.59 Å². The van der Waals surface area contributed by atoms with E-state index in [1.165, 1.54) is 12.3 Å². The summed E-state index contributed by atoms with van der Waals surface area (Å²) in [6.07, 6.45) is -3.28. The number of rotatable bonds is 6. The minimum atomic E-state index is -4.51. The first-order chi connectivity index (χ1) is 12.7. The van der Waals surface area contributed by atoms with Crippen LogP contribution in [0.1, 0.15) is 32.0 Å². The van der Waals surface area contributed by atoms with Crippen molar-refractivity contribution in [3.63, 3.8) is 0 Å². The van der Waals surface area contributed by atoms with Crippen LogP contribution < -0.4 is 5.32 Å². The van der Waals surface area contributed by atoms with Gasteiger partial charge >= 0.3 is 18.1 Å². The molecule has 7 nitrogen and oxygen atoms in total. The predicted octanol–water partition coefficient (Wildman–Crippen LogP) is 2.56. The summed E-state index contributed by atoms with van der Waals surface area (Å²) in [7, 11) is 1.16. The fourth-order valence-corrected chi connectivity index (χ4v) is 2.00. The van der Waals surface area contributed by atoms with Crippen molar-refractivity contribution in [1.82, 2.24) is 5.32 Å².